The smallest absolute Gasteiger partial charge is 0.412 e. The van der Waals surface area contributed by atoms with Crippen LogP contribution in [0.1, 0.15) is 5.56 Å². The van der Waals surface area contributed by atoms with Crippen molar-refractivity contribution in [1.82, 2.24) is 0 Å². The molecule has 1 heterocycles. The van der Waals surface area contributed by atoms with Crippen LogP contribution in [0.3, 0.4) is 0 Å². The first-order chi connectivity index (χ1) is 8.48. The van der Waals surface area contributed by atoms with Gasteiger partial charge in [-0.3, -0.25) is 0 Å². The van der Waals surface area contributed by atoms with Crippen molar-refractivity contribution in [2.24, 2.45) is 0 Å². The van der Waals surface area contributed by atoms with Gasteiger partial charge in [0.1, 0.15) is 0 Å². The van der Waals surface area contributed by atoms with Crippen molar-refractivity contribution in [2.75, 3.05) is 13.7 Å². The molecule has 0 spiro atoms. The van der Waals surface area contributed by atoms with Gasteiger partial charge in [-0.1, -0.05) is 6.07 Å². The van der Waals surface area contributed by atoms with Gasteiger partial charge in [-0.25, -0.2) is 0 Å². The molecule has 0 fully saturated rings. The molecular formula is C11H11F3O4. The first kappa shape index (κ1) is 13.0. The fourth-order valence-corrected chi connectivity index (χ4v) is 1.46. The van der Waals surface area contributed by atoms with Crippen molar-refractivity contribution >= 4 is 0 Å². The van der Waals surface area contributed by atoms with E-state index in [0.717, 1.165) is 5.56 Å². The fourth-order valence-electron chi connectivity index (χ4n) is 1.46. The quantitative estimate of drug-likeness (QED) is 0.837. The normalized spacial score (nSPS) is 18.1. The van der Waals surface area contributed by atoms with E-state index in [9.17, 15) is 13.2 Å². The molecule has 100 valence electrons. The van der Waals surface area contributed by atoms with E-state index in [0.29, 0.717) is 18.1 Å². The molecule has 18 heavy (non-hydrogen) atoms. The molecule has 0 aliphatic carbocycles. The molecule has 1 aromatic carbocycles. The van der Waals surface area contributed by atoms with Crippen molar-refractivity contribution in [2.45, 2.75) is 19.3 Å². The standard InChI is InChI=1S/C11H11F3O4/c1-15-5-7-2-3-8-9(4-7)18-10(17-8)16-6-11(12,13)14/h2-4,10H,5-6H2,1H3. The lowest BCUT2D eigenvalue weighted by atomic mass is 10.2. The Morgan fingerprint density at radius 2 is 1.94 bits per heavy atom. The molecule has 1 aliphatic heterocycles. The zero-order chi connectivity index (χ0) is 13.2. The molecule has 0 radical (unpaired) electrons. The number of halogens is 3. The Kier molecular flexibility index (Phi) is 3.63. The minimum Gasteiger partial charge on any atom is -0.428 e. The molecule has 1 unspecified atom stereocenters. The lowest BCUT2D eigenvalue weighted by Crippen LogP contribution is -2.28. The van der Waals surface area contributed by atoms with Crippen LogP contribution in [0.25, 0.3) is 0 Å². The zero-order valence-corrected chi connectivity index (χ0v) is 9.49. The van der Waals surface area contributed by atoms with Crippen LogP contribution < -0.4 is 9.47 Å². The van der Waals surface area contributed by atoms with Crippen LogP contribution in [0.4, 0.5) is 13.2 Å². The Labute approximate surface area is 101 Å². The number of alkyl halides is 3. The summed E-state index contributed by atoms with van der Waals surface area (Å²) in [5, 5.41) is 0. The largest absolute Gasteiger partial charge is 0.428 e. The monoisotopic (exact) mass is 264 g/mol. The second kappa shape index (κ2) is 5.03. The lowest BCUT2D eigenvalue weighted by molar-refractivity contribution is -0.248. The highest BCUT2D eigenvalue weighted by atomic mass is 19.4. The highest BCUT2D eigenvalue weighted by Gasteiger charge is 2.33. The summed E-state index contributed by atoms with van der Waals surface area (Å²) in [6, 6.07) is 4.97. The molecule has 0 saturated carbocycles. The number of ether oxygens (including phenoxy) is 4. The van der Waals surface area contributed by atoms with Crippen LogP contribution in [0.5, 0.6) is 11.5 Å². The average molecular weight is 264 g/mol. The number of benzene rings is 1. The van der Waals surface area contributed by atoms with E-state index >= 15 is 0 Å². The molecule has 0 aromatic heterocycles. The number of methoxy groups -OCH3 is 1. The lowest BCUT2D eigenvalue weighted by Gasteiger charge is -2.12. The Morgan fingerprint density at radius 3 is 2.61 bits per heavy atom. The summed E-state index contributed by atoms with van der Waals surface area (Å²) < 4.78 is 55.4. The van der Waals surface area contributed by atoms with Crippen molar-refractivity contribution < 1.29 is 32.1 Å². The SMILES string of the molecule is COCc1ccc2c(c1)OC(OCC(F)(F)F)O2. The van der Waals surface area contributed by atoms with E-state index in [4.69, 9.17) is 14.2 Å². The highest BCUT2D eigenvalue weighted by molar-refractivity contribution is 5.44. The maximum absolute atomic E-state index is 11.9. The van der Waals surface area contributed by atoms with E-state index in [1.807, 2.05) is 0 Å². The van der Waals surface area contributed by atoms with E-state index in [-0.39, 0.29) is 0 Å². The van der Waals surface area contributed by atoms with E-state index in [1.165, 1.54) is 0 Å². The van der Waals surface area contributed by atoms with Gasteiger partial charge in [0.2, 0.25) is 0 Å². The van der Waals surface area contributed by atoms with Gasteiger partial charge in [0.15, 0.2) is 18.1 Å². The third kappa shape index (κ3) is 3.27. The number of hydrogen-bond donors (Lipinski definition) is 0. The summed E-state index contributed by atoms with van der Waals surface area (Å²) in [4.78, 5) is 0. The van der Waals surface area contributed by atoms with Crippen molar-refractivity contribution in [3.8, 4) is 11.5 Å². The molecule has 1 atom stereocenters. The summed E-state index contributed by atoms with van der Waals surface area (Å²) in [6.45, 7) is -2.40. The van der Waals surface area contributed by atoms with Crippen LogP contribution in [0, 0.1) is 0 Å². The third-order valence-corrected chi connectivity index (χ3v) is 2.15. The molecule has 0 amide bonds. The summed E-state index contributed by atoms with van der Waals surface area (Å²) in [7, 11) is 1.54. The molecule has 0 saturated heterocycles. The zero-order valence-electron chi connectivity index (χ0n) is 9.49. The molecule has 0 bridgehead atoms. The van der Waals surface area contributed by atoms with Crippen molar-refractivity contribution in [1.29, 1.82) is 0 Å². The molecule has 1 aliphatic rings. The average Bonchev–Trinajstić information content (AvgIpc) is 2.68. The maximum atomic E-state index is 11.9. The molecule has 4 nitrogen and oxygen atoms in total. The van der Waals surface area contributed by atoms with Gasteiger partial charge in [-0.2, -0.15) is 13.2 Å². The van der Waals surface area contributed by atoms with Crippen LogP contribution in [0.2, 0.25) is 0 Å². The number of fused-ring (bicyclic) bond motifs is 1. The van der Waals surface area contributed by atoms with E-state index in [1.54, 1.807) is 25.3 Å². The molecule has 0 N–H and O–H groups in total. The number of hydrogen-bond acceptors (Lipinski definition) is 4. The molecule has 1 aromatic rings. The van der Waals surface area contributed by atoms with Gasteiger partial charge in [0, 0.05) is 7.11 Å². The van der Waals surface area contributed by atoms with Crippen LogP contribution in [-0.4, -0.2) is 26.4 Å². The van der Waals surface area contributed by atoms with Gasteiger partial charge >= 0.3 is 12.7 Å². The van der Waals surface area contributed by atoms with Crippen LogP contribution in [-0.2, 0) is 16.1 Å². The van der Waals surface area contributed by atoms with Crippen LogP contribution in [0.15, 0.2) is 18.2 Å². The second-order valence-electron chi connectivity index (χ2n) is 3.66. The van der Waals surface area contributed by atoms with Gasteiger partial charge in [0.25, 0.3) is 0 Å². The second-order valence-corrected chi connectivity index (χ2v) is 3.66. The topological polar surface area (TPSA) is 36.9 Å². The predicted molar refractivity (Wildman–Crippen MR) is 54.2 cm³/mol. The Morgan fingerprint density at radius 1 is 1.22 bits per heavy atom. The van der Waals surface area contributed by atoms with E-state index in [2.05, 4.69) is 4.74 Å². The van der Waals surface area contributed by atoms with Crippen LogP contribution >= 0.6 is 0 Å². The highest BCUT2D eigenvalue weighted by Crippen LogP contribution is 2.36. The minimum atomic E-state index is -4.41. The van der Waals surface area contributed by atoms with Gasteiger partial charge in [0.05, 0.1) is 6.61 Å². The summed E-state index contributed by atoms with van der Waals surface area (Å²) >= 11 is 0. The number of rotatable bonds is 4. The molecular weight excluding hydrogens is 253 g/mol. The Balaban J connectivity index is 1.95. The molecule has 7 heteroatoms. The van der Waals surface area contributed by atoms with Gasteiger partial charge in [-0.15, -0.1) is 0 Å². The van der Waals surface area contributed by atoms with Crippen molar-refractivity contribution in [3.63, 3.8) is 0 Å². The minimum absolute atomic E-state index is 0.344. The van der Waals surface area contributed by atoms with E-state index < -0.39 is 19.3 Å². The summed E-state index contributed by atoms with van der Waals surface area (Å²) in [6.07, 6.45) is -4.41. The molecule has 2 rings (SSSR count). The van der Waals surface area contributed by atoms with Gasteiger partial charge < -0.3 is 18.9 Å². The summed E-state index contributed by atoms with van der Waals surface area (Å²) in [5.74, 6) is 0.693. The Hall–Kier alpha value is -1.47. The van der Waals surface area contributed by atoms with Gasteiger partial charge in [-0.05, 0) is 17.7 Å². The summed E-state index contributed by atoms with van der Waals surface area (Å²) in [5.41, 5.74) is 0.830. The predicted octanol–water partition coefficient (Wildman–Crippen LogP) is 2.47. The first-order valence-corrected chi connectivity index (χ1v) is 5.11. The fraction of sp³-hybridized carbons (Fsp3) is 0.455. The van der Waals surface area contributed by atoms with Crippen molar-refractivity contribution in [3.05, 3.63) is 23.8 Å². The maximum Gasteiger partial charge on any atom is 0.412 e. The third-order valence-electron chi connectivity index (χ3n) is 2.15. The first-order valence-electron chi connectivity index (χ1n) is 5.11. The Bertz CT molecular complexity index is 419.